The van der Waals surface area contributed by atoms with Crippen LogP contribution in [0.2, 0.25) is 0 Å². The SMILES string of the molecule is C.C.C.C.CC.CC.CCC.CCC.CCC.CCC.CCN(CC)CC.CCc1cc(CC)cc(-c2c(CC)c(CC)c(CC)c(CC)c2CC)c1.CCc1cc(CC)cc(CC)c1.Cc1cc(C)c(C)cc1C.Cc1ccc(C)c(C)c1C.c1ccc2c(c1)Cc1ccccc1-2. The third kappa shape index (κ3) is 39.5. The molecule has 98 heavy (non-hydrogen) atoms. The Kier molecular flexibility index (Phi) is 74.5. The average Bonchev–Trinajstić information content (AvgIpc) is 0.953. The molecule has 0 heterocycles. The van der Waals surface area contributed by atoms with Gasteiger partial charge in [-0.05, 0) is 279 Å². The molecule has 0 saturated heterocycles. The van der Waals surface area contributed by atoms with Gasteiger partial charge in [-0.25, -0.2) is 0 Å². The molecule has 0 spiro atoms. The zero-order valence-electron chi connectivity index (χ0n) is 68.6. The number of fused-ring (bicyclic) bond motifs is 3. The van der Waals surface area contributed by atoms with Gasteiger partial charge in [-0.15, -0.1) is 0 Å². The van der Waals surface area contributed by atoms with Crippen molar-refractivity contribution in [2.24, 2.45) is 0 Å². The van der Waals surface area contributed by atoms with Crippen LogP contribution in [0.4, 0.5) is 0 Å². The minimum atomic E-state index is 0. The van der Waals surface area contributed by atoms with E-state index >= 15 is 0 Å². The van der Waals surface area contributed by atoms with Crippen molar-refractivity contribution in [2.45, 2.75) is 355 Å². The molecule has 0 fully saturated rings. The van der Waals surface area contributed by atoms with E-state index in [1.165, 1.54) is 145 Å². The van der Waals surface area contributed by atoms with Gasteiger partial charge in [-0.1, -0.05) is 338 Å². The summed E-state index contributed by atoms with van der Waals surface area (Å²) in [5, 5.41) is 0. The van der Waals surface area contributed by atoms with Gasteiger partial charge in [0, 0.05) is 0 Å². The zero-order valence-corrected chi connectivity index (χ0v) is 68.6. The van der Waals surface area contributed by atoms with Crippen molar-refractivity contribution in [3.05, 3.63) is 220 Å². The van der Waals surface area contributed by atoms with Gasteiger partial charge in [0.05, 0.1) is 0 Å². The van der Waals surface area contributed by atoms with Crippen LogP contribution in [0.15, 0.2) is 109 Å². The lowest BCUT2D eigenvalue weighted by molar-refractivity contribution is 0.321. The molecule has 1 nitrogen and oxygen atoms in total. The monoisotopic (exact) mass is 1350 g/mol. The van der Waals surface area contributed by atoms with Crippen LogP contribution in [-0.2, 0) is 70.6 Å². The van der Waals surface area contributed by atoms with Gasteiger partial charge in [-0.2, -0.15) is 0 Å². The van der Waals surface area contributed by atoms with Gasteiger partial charge >= 0.3 is 0 Å². The molecule has 0 bridgehead atoms. The van der Waals surface area contributed by atoms with Crippen LogP contribution in [0.3, 0.4) is 0 Å². The molecule has 0 atom stereocenters. The van der Waals surface area contributed by atoms with E-state index in [0.29, 0.717) is 0 Å². The van der Waals surface area contributed by atoms with E-state index in [0.717, 1.165) is 70.6 Å². The van der Waals surface area contributed by atoms with E-state index in [-0.39, 0.29) is 29.7 Å². The summed E-state index contributed by atoms with van der Waals surface area (Å²) in [6.45, 7) is 75.3. The minimum absolute atomic E-state index is 0. The van der Waals surface area contributed by atoms with Gasteiger partial charge in [0.2, 0.25) is 0 Å². The van der Waals surface area contributed by atoms with E-state index in [1.807, 2.05) is 27.7 Å². The molecule has 7 aromatic carbocycles. The molecule has 1 aliphatic carbocycles. The molecular formula is C97H169N. The second-order valence-corrected chi connectivity index (χ2v) is 24.4. The van der Waals surface area contributed by atoms with E-state index in [4.69, 9.17) is 0 Å². The Hall–Kier alpha value is -5.50. The van der Waals surface area contributed by atoms with Gasteiger partial charge in [-0.3, -0.25) is 0 Å². The molecule has 1 aliphatic rings. The molecule has 0 saturated carbocycles. The molecular weight excluding hydrogens is 1180 g/mol. The number of hydrogen-bond donors (Lipinski definition) is 0. The molecule has 562 valence electrons. The number of aryl methyl sites for hydroxylation is 11. The van der Waals surface area contributed by atoms with Crippen molar-refractivity contribution in [1.29, 1.82) is 0 Å². The molecule has 8 rings (SSSR count). The maximum atomic E-state index is 2.46. The first-order valence-electron chi connectivity index (χ1n) is 38.5. The van der Waals surface area contributed by atoms with Crippen LogP contribution < -0.4 is 0 Å². The molecule has 0 radical (unpaired) electrons. The normalized spacial score (nSPS) is 9.49. The van der Waals surface area contributed by atoms with Crippen LogP contribution >= 0.6 is 0 Å². The molecule has 0 amide bonds. The summed E-state index contributed by atoms with van der Waals surface area (Å²) in [5.41, 5.74) is 35.5. The first kappa shape index (κ1) is 108. The summed E-state index contributed by atoms with van der Waals surface area (Å²) in [6, 6.07) is 40.4. The van der Waals surface area contributed by atoms with E-state index in [1.54, 1.807) is 33.4 Å². The second-order valence-electron chi connectivity index (χ2n) is 24.4. The highest BCUT2D eigenvalue weighted by atomic mass is 15.1. The quantitative estimate of drug-likeness (QED) is 0.105. The summed E-state index contributed by atoms with van der Waals surface area (Å²) >= 11 is 0. The lowest BCUT2D eigenvalue weighted by atomic mass is 9.79. The topological polar surface area (TPSA) is 3.24 Å². The zero-order chi connectivity index (χ0) is 72.9. The number of benzene rings is 7. The van der Waals surface area contributed by atoms with Crippen LogP contribution in [0, 0.1) is 55.4 Å². The van der Waals surface area contributed by atoms with Gasteiger partial charge in [0.15, 0.2) is 0 Å². The van der Waals surface area contributed by atoms with Crippen molar-refractivity contribution in [1.82, 2.24) is 4.90 Å². The summed E-state index contributed by atoms with van der Waals surface area (Å²) in [4.78, 5) is 2.38. The highest BCUT2D eigenvalue weighted by Crippen LogP contribution is 2.39. The maximum absolute atomic E-state index is 2.46. The molecule has 1 heteroatoms. The van der Waals surface area contributed by atoms with Gasteiger partial charge < -0.3 is 4.90 Å². The lowest BCUT2D eigenvalue weighted by Gasteiger charge is -2.26. The highest BCUT2D eigenvalue weighted by molar-refractivity contribution is 5.78. The molecule has 0 aliphatic heterocycles. The Morgan fingerprint density at radius 2 is 0.490 bits per heavy atom. The first-order chi connectivity index (χ1) is 45.1. The van der Waals surface area contributed by atoms with Crippen LogP contribution in [0.25, 0.3) is 22.3 Å². The standard InChI is InChI=1S/C26H38.C13H10.C12H18.2C10H14.C6H15N.4C3H8.2C2H6.4CH4/c1-8-18-15-19(9-2)17-20(16-18)26-24(13-6)22(11-4)21(10-3)23(12-5)25(26)14-7;1-3-7-12-10(5-1)9-11-6-2-4-8-13(11)12;1-4-10-7-11(5-2)9-12(6-3)8-10;1-7-5-9(3)10(4)6-8(7)2;1-7-5-6-8(2)10(4)9(7)3;1-4-7(5-2)6-3;4*1-3-2;2*1-2;;;;/h15-17H,8-14H2,1-7H3;1-8H,9H2;7-9H,4-6H2,1-3H3;2*5-6H,1-4H3;4-6H2,1-3H3;4*3H2,1-2H3;2*1-2H3;4*1H4. The van der Waals surface area contributed by atoms with Gasteiger partial charge in [0.25, 0.3) is 0 Å². The molecule has 0 aromatic heterocycles. The lowest BCUT2D eigenvalue weighted by Crippen LogP contribution is -2.21. The largest absolute Gasteiger partial charge is 0.304 e. The Morgan fingerprint density at radius 3 is 0.704 bits per heavy atom. The van der Waals surface area contributed by atoms with Crippen LogP contribution in [0.1, 0.15) is 340 Å². The number of hydrogen-bond acceptors (Lipinski definition) is 1. The Labute approximate surface area is 618 Å². The fourth-order valence-corrected chi connectivity index (χ4v) is 11.2. The maximum Gasteiger partial charge on any atom is -0.00135 e. The molecule has 0 N–H and O–H groups in total. The predicted octanol–water partition coefficient (Wildman–Crippen LogP) is 31.4. The average molecular weight is 1350 g/mol. The van der Waals surface area contributed by atoms with E-state index in [9.17, 15) is 0 Å². The minimum Gasteiger partial charge on any atom is -0.304 e. The van der Waals surface area contributed by atoms with Crippen LogP contribution in [0.5, 0.6) is 0 Å². The van der Waals surface area contributed by atoms with Crippen molar-refractivity contribution < 1.29 is 0 Å². The fourth-order valence-electron chi connectivity index (χ4n) is 11.2. The van der Waals surface area contributed by atoms with Crippen molar-refractivity contribution in [3.8, 4) is 22.3 Å². The number of nitrogens with zero attached hydrogens (tertiary/aromatic N) is 1. The Bertz CT molecular complexity index is 2750. The summed E-state index contributed by atoms with van der Waals surface area (Å²) in [6.07, 6.45) is 17.5. The highest BCUT2D eigenvalue weighted by Gasteiger charge is 2.21. The van der Waals surface area contributed by atoms with Gasteiger partial charge in [0.1, 0.15) is 0 Å². The summed E-state index contributed by atoms with van der Waals surface area (Å²) in [5.74, 6) is 0. The third-order valence-corrected chi connectivity index (χ3v) is 16.8. The molecule has 0 unspecified atom stereocenters. The summed E-state index contributed by atoms with van der Waals surface area (Å²) in [7, 11) is 0. The fraction of sp³-hybridized carbons (Fsp3) is 0.567. The second kappa shape index (κ2) is 67.3. The van der Waals surface area contributed by atoms with E-state index < -0.39 is 0 Å². The number of rotatable bonds is 14. The van der Waals surface area contributed by atoms with Crippen molar-refractivity contribution in [3.63, 3.8) is 0 Å². The first-order valence-corrected chi connectivity index (χ1v) is 38.5. The molecule has 7 aromatic rings. The van der Waals surface area contributed by atoms with Crippen LogP contribution in [-0.4, -0.2) is 24.5 Å². The van der Waals surface area contributed by atoms with Crippen molar-refractivity contribution >= 4 is 0 Å². The predicted molar refractivity (Wildman–Crippen MR) is 465 cm³/mol. The van der Waals surface area contributed by atoms with Crippen molar-refractivity contribution in [2.75, 3.05) is 19.6 Å². The van der Waals surface area contributed by atoms with E-state index in [2.05, 4.69) is 315 Å². The summed E-state index contributed by atoms with van der Waals surface area (Å²) < 4.78 is 0. The Morgan fingerprint density at radius 1 is 0.265 bits per heavy atom. The third-order valence-electron chi connectivity index (χ3n) is 16.8. The Balaban J connectivity index is -0.000000163. The smallest absolute Gasteiger partial charge is 0.00135 e.